The van der Waals surface area contributed by atoms with Crippen molar-refractivity contribution in [2.45, 2.75) is 50.8 Å². The Bertz CT molecular complexity index is 1720. The number of carbonyl (C=O) groups is 3. The Kier molecular flexibility index (Phi) is 11.5. The van der Waals surface area contributed by atoms with Gasteiger partial charge in [0.05, 0.1) is 16.9 Å². The van der Waals surface area contributed by atoms with Crippen molar-refractivity contribution in [2.24, 2.45) is 11.3 Å². The van der Waals surface area contributed by atoms with Crippen LogP contribution in [0.3, 0.4) is 0 Å². The number of nitrogens with zero attached hydrogens (tertiary/aromatic N) is 2. The Hall–Kier alpha value is -3.81. The van der Waals surface area contributed by atoms with Gasteiger partial charge in [-0.05, 0) is 97.1 Å². The smallest absolute Gasteiger partial charge is 0.269 e. The number of thiocarbonyl (C=S) groups is 1. The molecule has 1 fully saturated rings. The molecular weight excluding hydrogens is 687 g/mol. The number of allylic oxidation sites excluding steroid dienone is 1. The van der Waals surface area contributed by atoms with Crippen molar-refractivity contribution in [1.82, 2.24) is 4.90 Å². The van der Waals surface area contributed by atoms with Gasteiger partial charge in [0.2, 0.25) is 21.9 Å². The average molecular weight is 718 g/mol. The lowest BCUT2D eigenvalue weighted by molar-refractivity contribution is -0.384. The van der Waals surface area contributed by atoms with Gasteiger partial charge in [-0.25, -0.2) is 0 Å². The first kappa shape index (κ1) is 36.0. The maximum Gasteiger partial charge on any atom is 0.269 e. The third-order valence-corrected chi connectivity index (χ3v) is 8.93. The van der Waals surface area contributed by atoms with Crippen molar-refractivity contribution < 1.29 is 33.9 Å². The van der Waals surface area contributed by atoms with Crippen LogP contribution in [0.25, 0.3) is 0 Å². The van der Waals surface area contributed by atoms with Crippen molar-refractivity contribution in [1.29, 1.82) is 0 Å². The number of nitro benzene ring substituents is 1. The number of rotatable bonds is 11. The predicted octanol–water partition coefficient (Wildman–Crippen LogP) is 7.33. The van der Waals surface area contributed by atoms with E-state index < -0.39 is 39.6 Å². The number of Topliss-reactive ketones (excluding diaryl/α,β-unsaturated/α-hetero) is 1. The van der Waals surface area contributed by atoms with Crippen LogP contribution in [0.5, 0.6) is 5.75 Å². The molecule has 47 heavy (non-hydrogen) atoms. The molecule has 0 saturated carbocycles. The van der Waals surface area contributed by atoms with E-state index in [4.69, 9.17) is 44.9 Å². The van der Waals surface area contributed by atoms with Gasteiger partial charge >= 0.3 is 0 Å². The summed E-state index contributed by atoms with van der Waals surface area (Å²) < 4.78 is 12.0. The molecule has 10 nitrogen and oxygen atoms in total. The van der Waals surface area contributed by atoms with Gasteiger partial charge in [0, 0.05) is 33.0 Å². The number of halogens is 2. The fraction of sp³-hybridized carbons (Fsp3) is 0.273. The summed E-state index contributed by atoms with van der Waals surface area (Å²) in [6.07, 6.45) is -1.09. The van der Waals surface area contributed by atoms with Crippen LogP contribution in [0.1, 0.15) is 43.6 Å². The molecule has 1 heterocycles. The summed E-state index contributed by atoms with van der Waals surface area (Å²) in [7, 11) is 0. The Morgan fingerprint density at radius 2 is 1.66 bits per heavy atom. The van der Waals surface area contributed by atoms with E-state index in [0.29, 0.717) is 21.0 Å². The number of amides is 1. The summed E-state index contributed by atoms with van der Waals surface area (Å²) in [6, 6.07) is 18.5. The molecule has 0 bridgehead atoms. The van der Waals surface area contributed by atoms with Gasteiger partial charge in [0.1, 0.15) is 23.6 Å². The molecule has 0 aromatic heterocycles. The number of ketones is 1. The van der Waals surface area contributed by atoms with Crippen LogP contribution in [-0.4, -0.2) is 48.4 Å². The van der Waals surface area contributed by atoms with Crippen LogP contribution in [0, 0.1) is 21.4 Å². The first-order valence-corrected chi connectivity index (χ1v) is 16.2. The van der Waals surface area contributed by atoms with E-state index in [2.05, 4.69) is 0 Å². The molecule has 0 spiro atoms. The Balaban J connectivity index is 1.69. The van der Waals surface area contributed by atoms with E-state index in [0.717, 1.165) is 16.7 Å². The second-order valence-electron chi connectivity index (χ2n) is 11.6. The molecule has 3 aromatic rings. The molecule has 0 radical (unpaired) electrons. The number of benzene rings is 3. The number of nitro groups is 1. The van der Waals surface area contributed by atoms with Gasteiger partial charge in [-0.1, -0.05) is 44.0 Å². The second kappa shape index (κ2) is 15.0. The lowest BCUT2D eigenvalue weighted by atomic mass is 9.87. The maximum absolute atomic E-state index is 13.9. The van der Waals surface area contributed by atoms with Gasteiger partial charge in [0.15, 0.2) is 5.76 Å². The summed E-state index contributed by atoms with van der Waals surface area (Å²) in [4.78, 5) is 52.4. The number of hydrogen-bond donors (Lipinski definition) is 1. The highest BCUT2D eigenvalue weighted by Crippen LogP contribution is 2.39. The number of thioether (sulfide) groups is 1. The van der Waals surface area contributed by atoms with Crippen LogP contribution < -0.4 is 4.74 Å². The summed E-state index contributed by atoms with van der Waals surface area (Å²) in [6.45, 7) is 6.23. The molecule has 1 aliphatic heterocycles. The van der Waals surface area contributed by atoms with Gasteiger partial charge in [-0.15, -0.1) is 0 Å². The van der Waals surface area contributed by atoms with Gasteiger partial charge < -0.3 is 14.6 Å². The fourth-order valence-corrected chi connectivity index (χ4v) is 6.00. The number of aliphatic hydroxyl groups is 1. The molecular formula is C33H30Cl2N2O8S2. The topological polar surface area (TPSA) is 136 Å². The van der Waals surface area contributed by atoms with Gasteiger partial charge in [0.25, 0.3) is 5.69 Å². The summed E-state index contributed by atoms with van der Waals surface area (Å²) in [5.41, 5.74) is -1.54. The van der Waals surface area contributed by atoms with E-state index in [-0.39, 0.29) is 39.7 Å². The zero-order valence-corrected chi connectivity index (χ0v) is 28.8. The third-order valence-electron chi connectivity index (χ3n) is 6.97. The van der Waals surface area contributed by atoms with Crippen molar-refractivity contribution in [2.75, 3.05) is 0 Å². The molecule has 4 rings (SSSR count). The molecule has 14 heteroatoms. The Labute approximate surface area is 290 Å². The quantitative estimate of drug-likeness (QED) is 0.0247. The highest BCUT2D eigenvalue weighted by Gasteiger charge is 2.53. The number of carbonyl (C=O) groups excluding carboxylic acids is 3. The molecule has 3 aromatic carbocycles. The van der Waals surface area contributed by atoms with E-state index in [9.17, 15) is 29.6 Å². The fourth-order valence-electron chi connectivity index (χ4n) is 4.37. The lowest BCUT2D eigenvalue weighted by Crippen LogP contribution is -2.62. The third kappa shape index (κ3) is 8.57. The zero-order valence-electron chi connectivity index (χ0n) is 25.6. The summed E-state index contributed by atoms with van der Waals surface area (Å²) in [5.74, 6) is -2.28. The minimum absolute atomic E-state index is 0.111. The Morgan fingerprint density at radius 1 is 1.06 bits per heavy atom. The van der Waals surface area contributed by atoms with Crippen LogP contribution in [-0.2, 0) is 20.9 Å². The van der Waals surface area contributed by atoms with E-state index >= 15 is 0 Å². The number of ether oxygens (including phenoxy) is 2. The number of non-ortho nitro benzene ring substituents is 1. The highest BCUT2D eigenvalue weighted by molar-refractivity contribution is 8.14. The average Bonchev–Trinajstić information content (AvgIpc) is 3.02. The molecule has 1 saturated heterocycles. The van der Waals surface area contributed by atoms with E-state index in [1.54, 1.807) is 45.0 Å². The summed E-state index contributed by atoms with van der Waals surface area (Å²) >= 11 is 19.1. The molecule has 3 atom stereocenters. The number of likely N-dealkylation sites (tertiary alicyclic amines) is 1. The van der Waals surface area contributed by atoms with Crippen LogP contribution in [0.4, 0.5) is 5.69 Å². The van der Waals surface area contributed by atoms with Crippen molar-refractivity contribution in [3.63, 3.8) is 0 Å². The van der Waals surface area contributed by atoms with Crippen molar-refractivity contribution >= 4 is 74.7 Å². The molecule has 0 unspecified atom stereocenters. The second-order valence-corrected chi connectivity index (χ2v) is 13.9. The normalized spacial score (nSPS) is 17.3. The molecule has 1 N–H and O–H groups in total. The van der Waals surface area contributed by atoms with E-state index in [1.807, 2.05) is 0 Å². The molecule has 0 aliphatic carbocycles. The number of alkyl halides is 1. The first-order chi connectivity index (χ1) is 22.1. The van der Waals surface area contributed by atoms with Crippen LogP contribution in [0.15, 0.2) is 89.1 Å². The zero-order chi connectivity index (χ0) is 34.6. The Morgan fingerprint density at radius 3 is 2.17 bits per heavy atom. The minimum atomic E-state index is -1.09. The van der Waals surface area contributed by atoms with Crippen molar-refractivity contribution in [3.8, 4) is 5.75 Å². The number of β-lactam (4-membered cyclic amide) rings is 1. The summed E-state index contributed by atoms with van der Waals surface area (Å²) in [5, 5.41) is 21.2. The maximum atomic E-state index is 13.9. The molecule has 1 amide bonds. The minimum Gasteiger partial charge on any atom is -0.477 e. The highest BCUT2D eigenvalue weighted by atomic mass is 35.5. The van der Waals surface area contributed by atoms with Gasteiger partial charge in [-0.3, -0.25) is 29.4 Å². The predicted molar refractivity (Wildman–Crippen MR) is 182 cm³/mol. The van der Waals surface area contributed by atoms with E-state index in [1.165, 1.54) is 55.5 Å². The number of hydrogen-bond acceptors (Lipinski definition) is 10. The molecule has 246 valence electrons. The first-order valence-electron chi connectivity index (χ1n) is 14.2. The number of aliphatic hydroxyl groups excluding tert-OH is 1. The van der Waals surface area contributed by atoms with Crippen LogP contribution >= 0.6 is 47.2 Å². The lowest BCUT2D eigenvalue weighted by Gasteiger charge is -2.46. The largest absolute Gasteiger partial charge is 0.477 e. The van der Waals surface area contributed by atoms with Crippen LogP contribution in [0.2, 0.25) is 5.02 Å². The monoisotopic (exact) mass is 716 g/mol. The standard InChI is InChI=1S/C33H30Cl2N2O8S2/c1-18(38)25-29(35)36(30(25)40)26(32(46)44-17-19-5-11-22(12-6-19)37(42)43)27(28(39)33(2,3)4)45-23-13-7-20(8-14-23)31(41)47-24-15-9-21(34)10-16-24/h5-16,18,25,29,38H,17H2,1-4H3/t18-,25-,29-/m1/s1. The SMILES string of the molecule is C[C@@H](O)[C@H]1C(=O)N(C(C(=S)OCc2ccc([N+](=O)[O-])cc2)=C(Oc2ccc(C(=O)Sc3ccc(Cl)cc3)cc2)C(=O)C(C)(C)C)[C@H]1Cl. The van der Waals surface area contributed by atoms with Gasteiger partial charge in [-0.2, -0.15) is 0 Å². The van der Waals surface area contributed by atoms with Crippen molar-refractivity contribution in [3.05, 3.63) is 111 Å². The molecule has 1 aliphatic rings.